The molecule has 0 fully saturated rings. The first kappa shape index (κ1) is 19.9. The van der Waals surface area contributed by atoms with E-state index < -0.39 is 0 Å². The number of aryl methyl sites for hydroxylation is 1. The number of nitrogens with zero attached hydrogens (tertiary/aromatic N) is 2. The number of carbonyl (C=O) groups is 1. The minimum atomic E-state index is -0.279. The van der Waals surface area contributed by atoms with Crippen LogP contribution in [0.5, 0.6) is 5.88 Å². The molecule has 1 aromatic carbocycles. The summed E-state index contributed by atoms with van der Waals surface area (Å²) in [6.07, 6.45) is 2.13. The molecular formula is C20H20FN3O3S. The van der Waals surface area contributed by atoms with Crippen molar-refractivity contribution >= 4 is 22.9 Å². The topological polar surface area (TPSA) is 73.3 Å². The molecule has 2 heterocycles. The van der Waals surface area contributed by atoms with E-state index >= 15 is 0 Å². The summed E-state index contributed by atoms with van der Waals surface area (Å²) in [6.45, 7) is 2.54. The molecule has 28 heavy (non-hydrogen) atoms. The molecule has 0 bridgehead atoms. The Kier molecular flexibility index (Phi) is 6.67. The molecule has 0 aliphatic carbocycles. The van der Waals surface area contributed by atoms with Gasteiger partial charge in [-0.05, 0) is 36.8 Å². The molecule has 3 rings (SSSR count). The lowest BCUT2D eigenvalue weighted by Gasteiger charge is -2.10. The second-order valence-corrected chi connectivity index (χ2v) is 7.06. The Morgan fingerprint density at radius 1 is 1.21 bits per heavy atom. The monoisotopic (exact) mass is 401 g/mol. The van der Waals surface area contributed by atoms with Crippen molar-refractivity contribution in [2.75, 3.05) is 25.6 Å². The van der Waals surface area contributed by atoms with E-state index in [4.69, 9.17) is 9.47 Å². The Hall–Kier alpha value is -2.84. The summed E-state index contributed by atoms with van der Waals surface area (Å²) in [5.41, 5.74) is 2.06. The van der Waals surface area contributed by atoms with Gasteiger partial charge in [-0.1, -0.05) is 12.1 Å². The molecule has 0 unspecified atom stereocenters. The number of thiazole rings is 1. The Labute approximate surface area is 166 Å². The third kappa shape index (κ3) is 5.11. The second-order valence-electron chi connectivity index (χ2n) is 5.98. The third-order valence-electron chi connectivity index (χ3n) is 3.86. The molecule has 1 amide bonds. The Balaban J connectivity index is 1.71. The Morgan fingerprint density at radius 2 is 2.00 bits per heavy atom. The molecule has 0 aliphatic rings. The molecule has 0 atom stereocenters. The molecule has 1 N–H and O–H groups in total. The van der Waals surface area contributed by atoms with Crippen LogP contribution in [0.25, 0.3) is 0 Å². The highest BCUT2D eigenvalue weighted by molar-refractivity contribution is 7.14. The molecule has 2 aromatic heterocycles. The number of ether oxygens (including phenoxy) is 2. The molecule has 0 saturated carbocycles. The lowest BCUT2D eigenvalue weighted by atomic mass is 10.1. The summed E-state index contributed by atoms with van der Waals surface area (Å²) >= 11 is 1.32. The van der Waals surface area contributed by atoms with Gasteiger partial charge in [0.25, 0.3) is 5.91 Å². The van der Waals surface area contributed by atoms with E-state index in [-0.39, 0.29) is 11.7 Å². The van der Waals surface area contributed by atoms with Crippen molar-refractivity contribution < 1.29 is 18.7 Å². The van der Waals surface area contributed by atoms with E-state index in [9.17, 15) is 9.18 Å². The van der Waals surface area contributed by atoms with Crippen LogP contribution in [0.2, 0.25) is 0 Å². The zero-order valence-corrected chi connectivity index (χ0v) is 16.4. The zero-order valence-electron chi connectivity index (χ0n) is 15.6. The molecule has 0 spiro atoms. The number of hydrogen-bond acceptors (Lipinski definition) is 6. The van der Waals surface area contributed by atoms with Crippen molar-refractivity contribution in [3.05, 3.63) is 69.6 Å². The van der Waals surface area contributed by atoms with Crippen LogP contribution in [-0.4, -0.2) is 36.2 Å². The van der Waals surface area contributed by atoms with E-state index in [1.807, 2.05) is 0 Å². The first-order valence-electron chi connectivity index (χ1n) is 8.65. The SMILES string of the molecule is COCCOc1ncccc1NC(=O)c1sc(Cc2ccc(F)cc2)nc1C. The summed E-state index contributed by atoms with van der Waals surface area (Å²) in [5, 5.41) is 3.62. The minimum Gasteiger partial charge on any atom is -0.474 e. The number of benzene rings is 1. The van der Waals surface area contributed by atoms with Gasteiger partial charge < -0.3 is 14.8 Å². The number of carbonyl (C=O) groups excluding carboxylic acids is 1. The number of amides is 1. The maximum atomic E-state index is 13.0. The first-order chi connectivity index (χ1) is 13.6. The first-order valence-corrected chi connectivity index (χ1v) is 9.47. The van der Waals surface area contributed by atoms with Crippen LogP contribution in [0.1, 0.15) is 25.9 Å². The van der Waals surface area contributed by atoms with Gasteiger partial charge in [0.1, 0.15) is 23.0 Å². The molecule has 8 heteroatoms. The molecular weight excluding hydrogens is 381 g/mol. The van der Waals surface area contributed by atoms with E-state index in [1.54, 1.807) is 44.5 Å². The van der Waals surface area contributed by atoms with Crippen LogP contribution in [0, 0.1) is 12.7 Å². The van der Waals surface area contributed by atoms with Crippen LogP contribution in [-0.2, 0) is 11.2 Å². The summed E-state index contributed by atoms with van der Waals surface area (Å²) < 4.78 is 23.6. The van der Waals surface area contributed by atoms with Gasteiger partial charge in [-0.2, -0.15) is 0 Å². The average Bonchev–Trinajstić information content (AvgIpc) is 3.05. The molecule has 6 nitrogen and oxygen atoms in total. The number of hydrogen-bond donors (Lipinski definition) is 1. The van der Waals surface area contributed by atoms with Crippen LogP contribution in [0.15, 0.2) is 42.6 Å². The van der Waals surface area contributed by atoms with Crippen molar-refractivity contribution in [1.82, 2.24) is 9.97 Å². The predicted molar refractivity (Wildman–Crippen MR) is 106 cm³/mol. The van der Waals surface area contributed by atoms with Crippen LogP contribution in [0.4, 0.5) is 10.1 Å². The number of anilines is 1. The van der Waals surface area contributed by atoms with E-state index in [0.29, 0.717) is 41.8 Å². The van der Waals surface area contributed by atoms with Crippen LogP contribution >= 0.6 is 11.3 Å². The fraction of sp³-hybridized carbons (Fsp3) is 0.250. The fourth-order valence-corrected chi connectivity index (χ4v) is 3.51. The van der Waals surface area contributed by atoms with Gasteiger partial charge in [-0.3, -0.25) is 4.79 Å². The largest absolute Gasteiger partial charge is 0.474 e. The highest BCUT2D eigenvalue weighted by Gasteiger charge is 2.17. The van der Waals surface area contributed by atoms with Crippen LogP contribution in [0.3, 0.4) is 0 Å². The van der Waals surface area contributed by atoms with Gasteiger partial charge >= 0.3 is 0 Å². The van der Waals surface area contributed by atoms with E-state index in [1.165, 1.54) is 23.5 Å². The summed E-state index contributed by atoms with van der Waals surface area (Å²) in [4.78, 5) is 21.9. The van der Waals surface area contributed by atoms with Crippen molar-refractivity contribution in [1.29, 1.82) is 0 Å². The quantitative estimate of drug-likeness (QED) is 0.581. The van der Waals surface area contributed by atoms with Gasteiger partial charge in [-0.25, -0.2) is 14.4 Å². The zero-order chi connectivity index (χ0) is 19.9. The summed E-state index contributed by atoms with van der Waals surface area (Å²) in [5.74, 6) is -0.217. The van der Waals surface area contributed by atoms with Gasteiger partial charge in [0, 0.05) is 19.7 Å². The van der Waals surface area contributed by atoms with Gasteiger partial charge in [0.05, 0.1) is 17.3 Å². The van der Waals surface area contributed by atoms with E-state index in [0.717, 1.165) is 10.6 Å². The maximum absolute atomic E-state index is 13.0. The van der Waals surface area contributed by atoms with Gasteiger partial charge in [0.15, 0.2) is 0 Å². The Bertz CT molecular complexity index is 944. The van der Waals surface area contributed by atoms with Gasteiger partial charge in [-0.15, -0.1) is 11.3 Å². The number of halogens is 1. The smallest absolute Gasteiger partial charge is 0.267 e. The standard InChI is InChI=1S/C20H20FN3O3S/c1-13-18(28-17(23-13)12-14-5-7-15(21)8-6-14)19(25)24-16-4-3-9-22-20(16)27-11-10-26-2/h3-9H,10-12H2,1-2H3,(H,24,25). The maximum Gasteiger partial charge on any atom is 0.267 e. The summed E-state index contributed by atoms with van der Waals surface area (Å²) in [7, 11) is 1.58. The average molecular weight is 401 g/mol. The van der Waals surface area contributed by atoms with Crippen molar-refractivity contribution in [2.24, 2.45) is 0 Å². The fourth-order valence-electron chi connectivity index (χ4n) is 2.52. The summed E-state index contributed by atoms with van der Waals surface area (Å²) in [6, 6.07) is 9.70. The highest BCUT2D eigenvalue weighted by Crippen LogP contribution is 2.25. The lowest BCUT2D eigenvalue weighted by molar-refractivity contribution is 0.102. The minimum absolute atomic E-state index is 0.273. The van der Waals surface area contributed by atoms with Crippen molar-refractivity contribution in [3.63, 3.8) is 0 Å². The third-order valence-corrected chi connectivity index (χ3v) is 5.02. The second kappa shape index (κ2) is 9.38. The molecule has 3 aromatic rings. The molecule has 0 aliphatic heterocycles. The molecule has 0 radical (unpaired) electrons. The molecule has 146 valence electrons. The number of nitrogens with one attached hydrogen (secondary N) is 1. The molecule has 0 saturated heterocycles. The predicted octanol–water partition coefficient (Wildman–Crippen LogP) is 3.85. The van der Waals surface area contributed by atoms with Crippen molar-refractivity contribution in [2.45, 2.75) is 13.3 Å². The highest BCUT2D eigenvalue weighted by atomic mass is 32.1. The van der Waals surface area contributed by atoms with Crippen LogP contribution < -0.4 is 10.1 Å². The number of methoxy groups -OCH3 is 1. The number of aromatic nitrogens is 2. The number of rotatable bonds is 8. The Morgan fingerprint density at radius 3 is 2.75 bits per heavy atom. The normalized spacial score (nSPS) is 10.7. The lowest BCUT2D eigenvalue weighted by Crippen LogP contribution is -2.14. The van der Waals surface area contributed by atoms with Gasteiger partial charge in [0.2, 0.25) is 5.88 Å². The number of pyridine rings is 1. The van der Waals surface area contributed by atoms with Crippen molar-refractivity contribution in [3.8, 4) is 5.88 Å². The van der Waals surface area contributed by atoms with E-state index in [2.05, 4.69) is 15.3 Å².